The first-order valence-corrected chi connectivity index (χ1v) is 8.92. The lowest BCUT2D eigenvalue weighted by Crippen LogP contribution is -2.41. The van der Waals surface area contributed by atoms with Gasteiger partial charge in [-0.15, -0.1) is 0 Å². The Morgan fingerprint density at radius 3 is 2.86 bits per heavy atom. The van der Waals surface area contributed by atoms with Crippen LogP contribution in [-0.2, 0) is 4.79 Å². The number of aromatic nitrogens is 2. The van der Waals surface area contributed by atoms with Gasteiger partial charge in [0.2, 0.25) is 5.91 Å². The van der Waals surface area contributed by atoms with Crippen LogP contribution in [0.1, 0.15) is 39.5 Å². The molecule has 0 saturated heterocycles. The lowest BCUT2D eigenvalue weighted by molar-refractivity contribution is -0.121. The Kier molecular flexibility index (Phi) is 4.71. The van der Waals surface area contributed by atoms with E-state index >= 15 is 0 Å². The quantitative estimate of drug-likeness (QED) is 0.858. The molecule has 5 heteroatoms. The number of thioether (sulfide) groups is 1. The molecule has 1 atom stereocenters. The molecule has 0 bridgehead atoms. The monoisotopic (exact) mass is 317 g/mol. The van der Waals surface area contributed by atoms with Crippen molar-refractivity contribution in [3.63, 3.8) is 0 Å². The maximum atomic E-state index is 12.6. The smallest absolute Gasteiger partial charge is 0.234 e. The third-order valence-corrected chi connectivity index (χ3v) is 5.73. The van der Waals surface area contributed by atoms with Crippen molar-refractivity contribution in [3.8, 4) is 0 Å². The molecule has 0 aromatic carbocycles. The molecule has 2 aromatic heterocycles. The highest BCUT2D eigenvalue weighted by molar-refractivity contribution is 8.00. The second-order valence-electron chi connectivity index (χ2n) is 6.31. The first-order valence-electron chi connectivity index (χ1n) is 8.04. The summed E-state index contributed by atoms with van der Waals surface area (Å²) in [7, 11) is 0. The molecule has 0 spiro atoms. The number of fused-ring (bicyclic) bond motifs is 1. The van der Waals surface area contributed by atoms with E-state index in [1.807, 2.05) is 35.0 Å². The second-order valence-corrected chi connectivity index (χ2v) is 7.42. The molecule has 1 aliphatic carbocycles. The summed E-state index contributed by atoms with van der Waals surface area (Å²) < 4.78 is 2.04. The van der Waals surface area contributed by atoms with E-state index in [0.717, 1.165) is 23.5 Å². The van der Waals surface area contributed by atoms with Gasteiger partial charge < -0.3 is 5.32 Å². The Balaban J connectivity index is 1.74. The van der Waals surface area contributed by atoms with E-state index in [4.69, 9.17) is 0 Å². The number of hydrogen-bond donors (Lipinski definition) is 1. The van der Waals surface area contributed by atoms with Gasteiger partial charge in [0.25, 0.3) is 0 Å². The topological polar surface area (TPSA) is 46.4 Å². The largest absolute Gasteiger partial charge is 0.352 e. The average Bonchev–Trinajstić information content (AvgIpc) is 3.14. The molecule has 3 rings (SSSR count). The highest BCUT2D eigenvalue weighted by Gasteiger charge is 2.28. The van der Waals surface area contributed by atoms with Gasteiger partial charge in [-0.2, -0.15) is 0 Å². The lowest BCUT2D eigenvalue weighted by atomic mass is 10.1. The Hall–Kier alpha value is -1.49. The number of hydrogen-bond acceptors (Lipinski definition) is 3. The summed E-state index contributed by atoms with van der Waals surface area (Å²) in [5, 5.41) is 4.00. The lowest BCUT2D eigenvalue weighted by Gasteiger charge is -2.21. The Morgan fingerprint density at radius 1 is 1.36 bits per heavy atom. The molecular weight excluding hydrogens is 294 g/mol. The van der Waals surface area contributed by atoms with Crippen LogP contribution in [-0.4, -0.2) is 26.6 Å². The van der Waals surface area contributed by atoms with Gasteiger partial charge in [-0.3, -0.25) is 9.20 Å². The number of amides is 1. The summed E-state index contributed by atoms with van der Waals surface area (Å²) in [4.78, 5) is 17.1. The zero-order valence-electron chi connectivity index (χ0n) is 13.2. The van der Waals surface area contributed by atoms with E-state index in [0.29, 0.717) is 6.04 Å². The van der Waals surface area contributed by atoms with Gasteiger partial charge in [0, 0.05) is 12.2 Å². The van der Waals surface area contributed by atoms with Crippen LogP contribution in [0.25, 0.3) is 5.52 Å². The average molecular weight is 317 g/mol. The number of carbonyl (C=O) groups excluding carboxylic acids is 1. The standard InChI is InChI=1S/C17H23N3OS/c1-12(2)15(16(21)19-13-7-3-4-8-13)22-17-18-11-14-9-5-6-10-20(14)17/h5-6,9-13,15H,3-4,7-8H2,1-2H3,(H,19,21)/t15-/m0/s1. The molecule has 2 aromatic rings. The van der Waals surface area contributed by atoms with E-state index in [1.165, 1.54) is 12.8 Å². The first kappa shape index (κ1) is 15.4. The minimum absolute atomic E-state index is 0.105. The summed E-state index contributed by atoms with van der Waals surface area (Å²) >= 11 is 1.56. The highest BCUT2D eigenvalue weighted by atomic mass is 32.2. The van der Waals surface area contributed by atoms with Crippen LogP contribution in [0, 0.1) is 5.92 Å². The van der Waals surface area contributed by atoms with Gasteiger partial charge in [-0.1, -0.05) is 44.5 Å². The summed E-state index contributed by atoms with van der Waals surface area (Å²) in [6.07, 6.45) is 8.55. The minimum Gasteiger partial charge on any atom is -0.352 e. The van der Waals surface area contributed by atoms with Gasteiger partial charge in [0.15, 0.2) is 5.16 Å². The normalized spacial score (nSPS) is 17.2. The van der Waals surface area contributed by atoms with E-state index < -0.39 is 0 Å². The molecule has 22 heavy (non-hydrogen) atoms. The van der Waals surface area contributed by atoms with Gasteiger partial charge in [-0.25, -0.2) is 4.98 Å². The molecule has 1 fully saturated rings. The first-order chi connectivity index (χ1) is 10.6. The number of carbonyl (C=O) groups is 1. The third kappa shape index (κ3) is 3.29. The molecule has 1 N–H and O–H groups in total. The van der Waals surface area contributed by atoms with Crippen LogP contribution in [0.4, 0.5) is 0 Å². The zero-order valence-corrected chi connectivity index (χ0v) is 14.0. The molecule has 4 nitrogen and oxygen atoms in total. The minimum atomic E-state index is -0.105. The van der Waals surface area contributed by atoms with Crippen LogP contribution in [0.5, 0.6) is 0 Å². The molecule has 1 amide bonds. The van der Waals surface area contributed by atoms with Crippen LogP contribution in [0.2, 0.25) is 0 Å². The summed E-state index contributed by atoms with van der Waals surface area (Å²) in [6, 6.07) is 6.38. The van der Waals surface area contributed by atoms with Crippen molar-refractivity contribution in [2.45, 2.75) is 56.0 Å². The second kappa shape index (κ2) is 6.73. The highest BCUT2D eigenvalue weighted by Crippen LogP contribution is 2.29. The summed E-state index contributed by atoms with van der Waals surface area (Å²) in [5.74, 6) is 0.419. The predicted octanol–water partition coefficient (Wildman–Crippen LogP) is 3.51. The van der Waals surface area contributed by atoms with Crippen molar-refractivity contribution < 1.29 is 4.79 Å². The van der Waals surface area contributed by atoms with E-state index in [-0.39, 0.29) is 17.1 Å². The van der Waals surface area contributed by atoms with Crippen molar-refractivity contribution >= 4 is 23.2 Å². The molecule has 1 saturated carbocycles. The zero-order chi connectivity index (χ0) is 15.5. The molecule has 0 radical (unpaired) electrons. The van der Waals surface area contributed by atoms with E-state index in [9.17, 15) is 4.79 Å². The Morgan fingerprint density at radius 2 is 2.14 bits per heavy atom. The fourth-order valence-corrected chi connectivity index (χ4v) is 4.03. The predicted molar refractivity (Wildman–Crippen MR) is 90.1 cm³/mol. The number of pyridine rings is 1. The molecule has 1 aliphatic rings. The van der Waals surface area contributed by atoms with Crippen LogP contribution in [0.15, 0.2) is 35.7 Å². The number of rotatable bonds is 5. The van der Waals surface area contributed by atoms with Crippen molar-refractivity contribution in [2.24, 2.45) is 5.92 Å². The van der Waals surface area contributed by atoms with Gasteiger partial charge in [-0.05, 0) is 30.9 Å². The third-order valence-electron chi connectivity index (χ3n) is 4.20. The summed E-state index contributed by atoms with van der Waals surface area (Å²) in [5.41, 5.74) is 1.06. The molecular formula is C17H23N3OS. The number of nitrogens with zero attached hydrogens (tertiary/aromatic N) is 2. The van der Waals surface area contributed by atoms with Crippen LogP contribution < -0.4 is 5.32 Å². The fourth-order valence-electron chi connectivity index (χ4n) is 2.97. The van der Waals surface area contributed by atoms with E-state index in [2.05, 4.69) is 24.1 Å². The van der Waals surface area contributed by atoms with Crippen LogP contribution >= 0.6 is 11.8 Å². The maximum Gasteiger partial charge on any atom is 0.234 e. The molecule has 0 unspecified atom stereocenters. The van der Waals surface area contributed by atoms with Crippen molar-refractivity contribution in [1.29, 1.82) is 0 Å². The number of nitrogens with one attached hydrogen (secondary N) is 1. The van der Waals surface area contributed by atoms with Gasteiger partial charge >= 0.3 is 0 Å². The Bertz CT molecular complexity index is 646. The van der Waals surface area contributed by atoms with Gasteiger partial charge in [0.1, 0.15) is 0 Å². The Labute approximate surface area is 135 Å². The van der Waals surface area contributed by atoms with Crippen molar-refractivity contribution in [1.82, 2.24) is 14.7 Å². The van der Waals surface area contributed by atoms with Gasteiger partial charge in [0.05, 0.1) is 17.0 Å². The maximum absolute atomic E-state index is 12.6. The van der Waals surface area contributed by atoms with E-state index in [1.54, 1.807) is 11.8 Å². The fraction of sp³-hybridized carbons (Fsp3) is 0.529. The molecule has 2 heterocycles. The molecule has 0 aliphatic heterocycles. The molecule has 118 valence electrons. The SMILES string of the molecule is CC(C)[C@H](Sc1ncc2ccccn12)C(=O)NC1CCCC1. The van der Waals surface area contributed by atoms with Crippen molar-refractivity contribution in [3.05, 3.63) is 30.6 Å². The van der Waals surface area contributed by atoms with Crippen LogP contribution in [0.3, 0.4) is 0 Å². The van der Waals surface area contributed by atoms with Crippen molar-refractivity contribution in [2.75, 3.05) is 0 Å². The summed E-state index contributed by atoms with van der Waals surface area (Å²) in [6.45, 7) is 4.20. The number of imidazole rings is 1.